The Morgan fingerprint density at radius 3 is 2.85 bits per heavy atom. The lowest BCUT2D eigenvalue weighted by molar-refractivity contribution is 0.111. The number of ether oxygens (including phenoxy) is 1. The first-order valence-electron chi connectivity index (χ1n) is 7.04. The van der Waals surface area contributed by atoms with Gasteiger partial charge in [-0.3, -0.25) is 0 Å². The van der Waals surface area contributed by atoms with Crippen LogP contribution < -0.4 is 5.32 Å². The first-order chi connectivity index (χ1) is 9.63. The van der Waals surface area contributed by atoms with E-state index in [0.717, 1.165) is 40.1 Å². The molecular weight excluding hydrogens is 273 g/mol. The highest BCUT2D eigenvalue weighted by Crippen LogP contribution is 2.33. The van der Waals surface area contributed by atoms with E-state index in [2.05, 4.69) is 19.2 Å². The average Bonchev–Trinajstić information content (AvgIpc) is 2.74. The molecule has 1 heterocycles. The lowest BCUT2D eigenvalue weighted by Gasteiger charge is -2.08. The maximum Gasteiger partial charge on any atom is 0.132 e. The summed E-state index contributed by atoms with van der Waals surface area (Å²) in [6.07, 6.45) is 1.03. The Morgan fingerprint density at radius 2 is 2.15 bits per heavy atom. The fraction of sp³-hybridized carbons (Fsp3) is 0.500. The smallest absolute Gasteiger partial charge is 0.132 e. The molecule has 1 aromatic carbocycles. The lowest BCUT2D eigenvalue weighted by atomic mass is 10.1. The van der Waals surface area contributed by atoms with Gasteiger partial charge in [0.2, 0.25) is 0 Å². The lowest BCUT2D eigenvalue weighted by Crippen LogP contribution is -2.07. The van der Waals surface area contributed by atoms with Crippen molar-refractivity contribution in [1.29, 1.82) is 0 Å². The van der Waals surface area contributed by atoms with Gasteiger partial charge in [0.15, 0.2) is 0 Å². The van der Waals surface area contributed by atoms with Gasteiger partial charge in [-0.25, -0.2) is 4.39 Å². The molecular formula is C16H22FNOS. The second-order valence-electron chi connectivity index (χ2n) is 5.38. The summed E-state index contributed by atoms with van der Waals surface area (Å²) in [5, 5.41) is 3.87. The molecule has 0 atom stereocenters. The standard InChI is InChI=1S/C16H22FNOS/c1-11(2)7-8-19-10-12-15(9-18-3)20-14-6-4-5-13(17)16(12)14/h4-6,11,18H,7-10H2,1-3H3. The van der Waals surface area contributed by atoms with Crippen molar-refractivity contribution in [3.8, 4) is 0 Å². The van der Waals surface area contributed by atoms with Crippen molar-refractivity contribution in [2.75, 3.05) is 13.7 Å². The van der Waals surface area contributed by atoms with Gasteiger partial charge >= 0.3 is 0 Å². The number of hydrogen-bond donors (Lipinski definition) is 1. The minimum absolute atomic E-state index is 0.149. The van der Waals surface area contributed by atoms with Crippen LogP contribution in [0.5, 0.6) is 0 Å². The molecule has 110 valence electrons. The van der Waals surface area contributed by atoms with Crippen LogP contribution in [0.2, 0.25) is 0 Å². The second-order valence-corrected chi connectivity index (χ2v) is 6.52. The number of fused-ring (bicyclic) bond motifs is 1. The Labute approximate surface area is 124 Å². The molecule has 0 unspecified atom stereocenters. The predicted molar refractivity (Wildman–Crippen MR) is 83.7 cm³/mol. The van der Waals surface area contributed by atoms with Gasteiger partial charge in [0, 0.05) is 33.7 Å². The molecule has 2 rings (SSSR count). The minimum Gasteiger partial charge on any atom is -0.377 e. The summed E-state index contributed by atoms with van der Waals surface area (Å²) in [5.41, 5.74) is 1.00. The summed E-state index contributed by atoms with van der Waals surface area (Å²) in [6, 6.07) is 5.26. The summed E-state index contributed by atoms with van der Waals surface area (Å²) in [6.45, 7) is 6.32. The second kappa shape index (κ2) is 7.16. The largest absolute Gasteiger partial charge is 0.377 e. The molecule has 2 nitrogen and oxygen atoms in total. The van der Waals surface area contributed by atoms with E-state index in [-0.39, 0.29) is 5.82 Å². The molecule has 0 amide bonds. The maximum atomic E-state index is 14.1. The van der Waals surface area contributed by atoms with E-state index in [1.807, 2.05) is 13.1 Å². The molecule has 20 heavy (non-hydrogen) atoms. The van der Waals surface area contributed by atoms with Gasteiger partial charge in [0.25, 0.3) is 0 Å². The van der Waals surface area contributed by atoms with E-state index in [1.54, 1.807) is 17.4 Å². The number of nitrogens with one attached hydrogen (secondary N) is 1. The SMILES string of the molecule is CNCc1sc2cccc(F)c2c1COCCC(C)C. The van der Waals surface area contributed by atoms with Gasteiger partial charge in [-0.2, -0.15) is 0 Å². The fourth-order valence-electron chi connectivity index (χ4n) is 2.17. The number of benzene rings is 1. The van der Waals surface area contributed by atoms with Crippen LogP contribution in [0.3, 0.4) is 0 Å². The van der Waals surface area contributed by atoms with Crippen molar-refractivity contribution in [2.45, 2.75) is 33.4 Å². The zero-order valence-corrected chi connectivity index (χ0v) is 13.1. The summed E-state index contributed by atoms with van der Waals surface area (Å²) in [5.74, 6) is 0.478. The highest BCUT2D eigenvalue weighted by atomic mass is 32.1. The molecule has 1 N–H and O–H groups in total. The van der Waals surface area contributed by atoms with E-state index in [0.29, 0.717) is 12.5 Å². The van der Waals surface area contributed by atoms with Crippen LogP contribution in [0.1, 0.15) is 30.7 Å². The Hall–Kier alpha value is -0.970. The van der Waals surface area contributed by atoms with E-state index in [4.69, 9.17) is 4.74 Å². The van der Waals surface area contributed by atoms with Crippen LogP contribution in [0.4, 0.5) is 4.39 Å². The molecule has 0 radical (unpaired) electrons. The van der Waals surface area contributed by atoms with Crippen LogP contribution in [0.25, 0.3) is 10.1 Å². The van der Waals surface area contributed by atoms with Gasteiger partial charge in [0.05, 0.1) is 6.61 Å². The molecule has 0 spiro atoms. The van der Waals surface area contributed by atoms with Crippen LogP contribution in [-0.4, -0.2) is 13.7 Å². The first-order valence-corrected chi connectivity index (χ1v) is 7.86. The predicted octanol–water partition coefficient (Wildman–Crippen LogP) is 4.32. The van der Waals surface area contributed by atoms with E-state index in [1.165, 1.54) is 6.07 Å². The number of thiophene rings is 1. The molecule has 0 fully saturated rings. The third-order valence-corrected chi connectivity index (χ3v) is 4.47. The molecule has 0 aliphatic rings. The highest BCUT2D eigenvalue weighted by molar-refractivity contribution is 7.19. The summed E-state index contributed by atoms with van der Waals surface area (Å²) < 4.78 is 20.8. The molecule has 0 aliphatic heterocycles. The third-order valence-electron chi connectivity index (χ3n) is 3.27. The molecule has 1 aromatic heterocycles. The van der Waals surface area contributed by atoms with Crippen molar-refractivity contribution >= 4 is 21.4 Å². The third kappa shape index (κ3) is 3.57. The molecule has 4 heteroatoms. The van der Waals surface area contributed by atoms with Crippen LogP contribution in [-0.2, 0) is 17.9 Å². The van der Waals surface area contributed by atoms with Gasteiger partial charge in [0.1, 0.15) is 5.82 Å². The van der Waals surface area contributed by atoms with Gasteiger partial charge in [-0.15, -0.1) is 11.3 Å². The first kappa shape index (κ1) is 15.4. The zero-order chi connectivity index (χ0) is 14.5. The van der Waals surface area contributed by atoms with E-state index < -0.39 is 0 Å². The van der Waals surface area contributed by atoms with Crippen LogP contribution >= 0.6 is 11.3 Å². The molecule has 2 aromatic rings. The van der Waals surface area contributed by atoms with E-state index >= 15 is 0 Å². The summed E-state index contributed by atoms with van der Waals surface area (Å²) in [7, 11) is 1.91. The van der Waals surface area contributed by atoms with Gasteiger partial charge in [-0.05, 0) is 31.5 Å². The monoisotopic (exact) mass is 295 g/mol. The molecule has 0 aliphatic carbocycles. The molecule has 0 saturated heterocycles. The molecule has 0 saturated carbocycles. The highest BCUT2D eigenvalue weighted by Gasteiger charge is 2.15. The van der Waals surface area contributed by atoms with E-state index in [9.17, 15) is 4.39 Å². The van der Waals surface area contributed by atoms with Gasteiger partial charge in [-0.1, -0.05) is 19.9 Å². The summed E-state index contributed by atoms with van der Waals surface area (Å²) >= 11 is 1.64. The number of halogens is 1. The fourth-order valence-corrected chi connectivity index (χ4v) is 3.40. The quantitative estimate of drug-likeness (QED) is 0.768. The van der Waals surface area contributed by atoms with Crippen molar-refractivity contribution in [1.82, 2.24) is 5.32 Å². The van der Waals surface area contributed by atoms with Crippen molar-refractivity contribution in [3.05, 3.63) is 34.5 Å². The Bertz CT molecular complexity index is 565. The van der Waals surface area contributed by atoms with Gasteiger partial charge < -0.3 is 10.1 Å². The van der Waals surface area contributed by atoms with Crippen molar-refractivity contribution < 1.29 is 9.13 Å². The van der Waals surface area contributed by atoms with Crippen molar-refractivity contribution in [3.63, 3.8) is 0 Å². The normalized spacial score (nSPS) is 11.7. The average molecular weight is 295 g/mol. The zero-order valence-electron chi connectivity index (χ0n) is 12.3. The maximum absolute atomic E-state index is 14.1. The molecule has 0 bridgehead atoms. The Kier molecular flexibility index (Phi) is 5.52. The Morgan fingerprint density at radius 1 is 1.35 bits per heavy atom. The van der Waals surface area contributed by atoms with Crippen LogP contribution in [0.15, 0.2) is 18.2 Å². The minimum atomic E-state index is -0.149. The summed E-state index contributed by atoms with van der Waals surface area (Å²) in [4.78, 5) is 1.16. The Balaban J connectivity index is 2.21. The number of hydrogen-bond acceptors (Lipinski definition) is 3. The van der Waals surface area contributed by atoms with Crippen molar-refractivity contribution in [2.24, 2.45) is 5.92 Å². The number of rotatable bonds is 7. The van der Waals surface area contributed by atoms with Crippen LogP contribution in [0, 0.1) is 11.7 Å². The topological polar surface area (TPSA) is 21.3 Å².